The second kappa shape index (κ2) is 11.1. The van der Waals surface area contributed by atoms with Crippen molar-refractivity contribution in [3.8, 4) is 11.6 Å². The van der Waals surface area contributed by atoms with E-state index >= 15 is 0 Å². The van der Waals surface area contributed by atoms with Crippen LogP contribution in [0.15, 0.2) is 36.5 Å². The molecule has 27 heavy (non-hydrogen) atoms. The molecule has 0 saturated carbocycles. The largest absolute Gasteiger partial charge is 0.439 e. The molecule has 1 aromatic heterocycles. The van der Waals surface area contributed by atoms with Gasteiger partial charge in [-0.1, -0.05) is 19.9 Å². The highest BCUT2D eigenvalue weighted by Gasteiger charge is 2.33. The van der Waals surface area contributed by atoms with E-state index < -0.39 is 5.41 Å². The minimum atomic E-state index is -0.538. The number of nitrogens with zero attached hydrogens (tertiary/aromatic N) is 1. The number of nitrogens with two attached hydrogens (primary N) is 1. The van der Waals surface area contributed by atoms with E-state index in [-0.39, 0.29) is 30.7 Å². The number of nitrogens with one attached hydrogen (secondary N) is 1. The highest BCUT2D eigenvalue weighted by molar-refractivity contribution is 5.95. The number of halogens is 2. The van der Waals surface area contributed by atoms with Gasteiger partial charge in [0.15, 0.2) is 0 Å². The number of hydrogen-bond acceptors (Lipinski definition) is 4. The molecule has 150 valence electrons. The number of pyridine rings is 1. The number of carbonyl (C=O) groups is 1. The molecule has 0 aliphatic rings. The van der Waals surface area contributed by atoms with Crippen LogP contribution >= 0.6 is 24.8 Å². The van der Waals surface area contributed by atoms with Crippen LogP contribution in [0.4, 0.5) is 5.69 Å². The molecule has 2 rings (SSSR count). The van der Waals surface area contributed by atoms with E-state index in [2.05, 4.69) is 10.3 Å². The van der Waals surface area contributed by atoms with E-state index in [1.54, 1.807) is 6.20 Å². The van der Waals surface area contributed by atoms with Crippen molar-refractivity contribution in [3.05, 3.63) is 47.7 Å². The number of hydrogen-bond donors (Lipinski definition) is 2. The zero-order chi connectivity index (χ0) is 18.4. The number of rotatable bonds is 7. The quantitative estimate of drug-likeness (QED) is 0.666. The Kier molecular flexibility index (Phi) is 10.4. The lowest BCUT2D eigenvalue weighted by atomic mass is 9.81. The van der Waals surface area contributed by atoms with E-state index in [1.165, 1.54) is 0 Å². The normalized spacial score (nSPS) is 10.4. The molecule has 0 aliphatic heterocycles. The summed E-state index contributed by atoms with van der Waals surface area (Å²) < 4.78 is 5.89. The number of benzene rings is 1. The van der Waals surface area contributed by atoms with Crippen molar-refractivity contribution >= 4 is 36.4 Å². The van der Waals surface area contributed by atoms with Crippen LogP contribution in [0.2, 0.25) is 0 Å². The van der Waals surface area contributed by atoms with Gasteiger partial charge in [-0.2, -0.15) is 0 Å². The summed E-state index contributed by atoms with van der Waals surface area (Å²) in [6, 6.07) is 9.40. The summed E-state index contributed by atoms with van der Waals surface area (Å²) in [5.41, 5.74) is 8.06. The van der Waals surface area contributed by atoms with E-state index in [0.717, 1.165) is 11.1 Å². The fourth-order valence-corrected chi connectivity index (χ4v) is 2.68. The van der Waals surface area contributed by atoms with Gasteiger partial charge in [0.05, 0.1) is 5.41 Å². The van der Waals surface area contributed by atoms with Gasteiger partial charge in [-0.05, 0) is 49.9 Å². The molecule has 0 aliphatic carbocycles. The van der Waals surface area contributed by atoms with Gasteiger partial charge >= 0.3 is 0 Å². The Balaban J connectivity index is 0.00000338. The van der Waals surface area contributed by atoms with Crippen LogP contribution in [0.3, 0.4) is 0 Å². The van der Waals surface area contributed by atoms with Crippen molar-refractivity contribution in [2.45, 2.75) is 40.5 Å². The van der Waals surface area contributed by atoms with Crippen molar-refractivity contribution in [1.29, 1.82) is 0 Å². The van der Waals surface area contributed by atoms with Crippen molar-refractivity contribution in [3.63, 3.8) is 0 Å². The molecule has 0 unspecified atom stereocenters. The van der Waals surface area contributed by atoms with E-state index in [4.69, 9.17) is 10.5 Å². The Morgan fingerprint density at radius 3 is 2.37 bits per heavy atom. The van der Waals surface area contributed by atoms with Crippen molar-refractivity contribution < 1.29 is 9.53 Å². The van der Waals surface area contributed by atoms with Crippen LogP contribution in [0.25, 0.3) is 0 Å². The Morgan fingerprint density at radius 2 is 1.81 bits per heavy atom. The fourth-order valence-electron chi connectivity index (χ4n) is 2.68. The summed E-state index contributed by atoms with van der Waals surface area (Å²) in [5, 5.41) is 2.98. The minimum absolute atomic E-state index is 0. The predicted octanol–water partition coefficient (Wildman–Crippen LogP) is 5.04. The molecule has 5 nitrogen and oxygen atoms in total. The number of aromatic nitrogens is 1. The molecular weight excluding hydrogens is 385 g/mol. The number of carbonyl (C=O) groups excluding carboxylic acids is 1. The van der Waals surface area contributed by atoms with Crippen molar-refractivity contribution in [1.82, 2.24) is 4.98 Å². The molecule has 7 heteroatoms. The molecule has 0 atom stereocenters. The molecule has 0 fully saturated rings. The van der Waals surface area contributed by atoms with E-state index in [0.29, 0.717) is 36.7 Å². The van der Waals surface area contributed by atoms with Crippen LogP contribution in [0, 0.1) is 19.3 Å². The lowest BCUT2D eigenvalue weighted by Gasteiger charge is -2.28. The van der Waals surface area contributed by atoms with Crippen LogP contribution in [-0.2, 0) is 4.79 Å². The third-order valence-corrected chi connectivity index (χ3v) is 4.78. The third kappa shape index (κ3) is 6.09. The molecule has 0 bridgehead atoms. The molecule has 1 aromatic carbocycles. The van der Waals surface area contributed by atoms with Gasteiger partial charge in [0, 0.05) is 30.6 Å². The molecule has 0 saturated heterocycles. The standard InChI is InChI=1S/C20H27N3O2.2ClH/c1-5-20(6-2,13-21)19(24)23-16-8-7-15(4)17(12-16)25-18-11-14(3)9-10-22-18;;/h7-12H,5-6,13,21H2,1-4H3,(H,23,24);2*1H. The van der Waals surface area contributed by atoms with E-state index in [9.17, 15) is 4.79 Å². The van der Waals surface area contributed by atoms with Gasteiger partial charge in [-0.3, -0.25) is 4.79 Å². The minimum Gasteiger partial charge on any atom is -0.439 e. The summed E-state index contributed by atoms with van der Waals surface area (Å²) in [6.07, 6.45) is 3.12. The predicted molar refractivity (Wildman–Crippen MR) is 115 cm³/mol. The SMILES string of the molecule is CCC(CC)(CN)C(=O)Nc1ccc(C)c(Oc2cc(C)ccn2)c1.Cl.Cl. The average Bonchev–Trinajstić information content (AvgIpc) is 2.60. The molecular formula is C20H29Cl2N3O2. The number of ether oxygens (including phenoxy) is 1. The maximum absolute atomic E-state index is 12.7. The first-order chi connectivity index (χ1) is 11.9. The van der Waals surface area contributed by atoms with Gasteiger partial charge in [-0.15, -0.1) is 24.8 Å². The summed E-state index contributed by atoms with van der Waals surface area (Å²) >= 11 is 0. The first-order valence-electron chi connectivity index (χ1n) is 8.66. The Morgan fingerprint density at radius 1 is 1.15 bits per heavy atom. The van der Waals surface area contributed by atoms with Crippen molar-refractivity contribution in [2.75, 3.05) is 11.9 Å². The van der Waals surface area contributed by atoms with Gasteiger partial charge < -0.3 is 15.8 Å². The van der Waals surface area contributed by atoms with E-state index in [1.807, 2.05) is 58.0 Å². The molecule has 3 N–H and O–H groups in total. The second-order valence-corrected chi connectivity index (χ2v) is 6.40. The number of anilines is 1. The number of amides is 1. The van der Waals surface area contributed by atoms with Crippen LogP contribution in [0.5, 0.6) is 11.6 Å². The van der Waals surface area contributed by atoms with Crippen molar-refractivity contribution in [2.24, 2.45) is 11.1 Å². The summed E-state index contributed by atoms with van der Waals surface area (Å²) in [6.45, 7) is 8.25. The smallest absolute Gasteiger partial charge is 0.231 e. The summed E-state index contributed by atoms with van der Waals surface area (Å²) in [4.78, 5) is 16.9. The molecule has 1 heterocycles. The maximum atomic E-state index is 12.7. The Bertz CT molecular complexity index is 741. The lowest BCUT2D eigenvalue weighted by Crippen LogP contribution is -2.41. The lowest BCUT2D eigenvalue weighted by molar-refractivity contribution is -0.125. The first kappa shape index (κ1) is 25.2. The first-order valence-corrected chi connectivity index (χ1v) is 8.66. The van der Waals surface area contributed by atoms with Gasteiger partial charge in [0.2, 0.25) is 11.8 Å². The van der Waals surface area contributed by atoms with Crippen LogP contribution in [0.1, 0.15) is 37.8 Å². The van der Waals surface area contributed by atoms with Crippen LogP contribution < -0.4 is 15.8 Å². The summed E-state index contributed by atoms with van der Waals surface area (Å²) in [7, 11) is 0. The number of aryl methyl sites for hydroxylation is 2. The molecule has 2 aromatic rings. The Hall–Kier alpha value is -1.82. The monoisotopic (exact) mass is 413 g/mol. The highest BCUT2D eigenvalue weighted by atomic mass is 35.5. The maximum Gasteiger partial charge on any atom is 0.231 e. The second-order valence-electron chi connectivity index (χ2n) is 6.40. The highest BCUT2D eigenvalue weighted by Crippen LogP contribution is 2.30. The van der Waals surface area contributed by atoms with Crippen LogP contribution in [-0.4, -0.2) is 17.4 Å². The topological polar surface area (TPSA) is 77.2 Å². The third-order valence-electron chi connectivity index (χ3n) is 4.78. The zero-order valence-corrected chi connectivity index (χ0v) is 17.9. The van der Waals surface area contributed by atoms with Gasteiger partial charge in [0.25, 0.3) is 0 Å². The fraction of sp³-hybridized carbons (Fsp3) is 0.400. The molecule has 0 radical (unpaired) electrons. The van der Waals surface area contributed by atoms with Gasteiger partial charge in [-0.25, -0.2) is 4.98 Å². The molecule has 1 amide bonds. The average molecular weight is 414 g/mol. The Labute approximate surface area is 173 Å². The zero-order valence-electron chi connectivity index (χ0n) is 16.2. The molecule has 0 spiro atoms. The van der Waals surface area contributed by atoms with Gasteiger partial charge in [0.1, 0.15) is 5.75 Å². The summed E-state index contributed by atoms with van der Waals surface area (Å²) in [5.74, 6) is 1.15.